The third-order valence-electron chi connectivity index (χ3n) is 6.33. The minimum absolute atomic E-state index is 0.0971. The number of halogens is 2. The fourth-order valence-corrected chi connectivity index (χ4v) is 5.08. The van der Waals surface area contributed by atoms with Crippen LogP contribution >= 0.6 is 11.6 Å². The molecule has 4 rings (SSSR count). The van der Waals surface area contributed by atoms with Crippen molar-refractivity contribution in [1.29, 1.82) is 0 Å². The molecule has 0 aromatic heterocycles. The normalized spacial score (nSPS) is 17.9. The second kappa shape index (κ2) is 11.5. The van der Waals surface area contributed by atoms with Gasteiger partial charge in [-0.25, -0.2) is 4.39 Å². The number of fused-ring (bicyclic) bond motifs is 1. The van der Waals surface area contributed by atoms with Crippen molar-refractivity contribution >= 4 is 17.5 Å². The number of carbonyl (C=O) groups excluding carboxylic acids is 1. The summed E-state index contributed by atoms with van der Waals surface area (Å²) in [5, 5.41) is 0.508. The van der Waals surface area contributed by atoms with E-state index < -0.39 is 0 Å². The van der Waals surface area contributed by atoms with Gasteiger partial charge in [0.25, 0.3) is 0 Å². The topological polar surface area (TPSA) is 51.2 Å². The highest BCUT2D eigenvalue weighted by molar-refractivity contribution is 6.32. The van der Waals surface area contributed by atoms with Gasteiger partial charge >= 0.3 is 0 Å². The van der Waals surface area contributed by atoms with Gasteiger partial charge in [-0.05, 0) is 54.3 Å². The Morgan fingerprint density at radius 1 is 1.20 bits per heavy atom. The first-order valence-electron chi connectivity index (χ1n) is 12.2. The molecule has 2 heterocycles. The van der Waals surface area contributed by atoms with Crippen molar-refractivity contribution in [1.82, 2.24) is 9.80 Å². The van der Waals surface area contributed by atoms with Gasteiger partial charge in [0.1, 0.15) is 11.6 Å². The van der Waals surface area contributed by atoms with E-state index in [9.17, 15) is 9.18 Å². The molecular formula is C27H34ClFN2O4. The largest absolute Gasteiger partial charge is 0.497 e. The number of amides is 1. The molecule has 2 aromatic carbocycles. The highest BCUT2D eigenvalue weighted by Crippen LogP contribution is 2.38. The van der Waals surface area contributed by atoms with Crippen LogP contribution in [0.1, 0.15) is 37.8 Å². The monoisotopic (exact) mass is 504 g/mol. The van der Waals surface area contributed by atoms with Gasteiger partial charge in [0.2, 0.25) is 5.91 Å². The fraction of sp³-hybridized carbons (Fsp3) is 0.519. The molecule has 2 aliphatic heterocycles. The molecule has 0 N–H and O–H groups in total. The van der Waals surface area contributed by atoms with E-state index in [1.807, 2.05) is 23.1 Å². The number of hydrogen-bond donors (Lipinski definition) is 0. The van der Waals surface area contributed by atoms with Crippen molar-refractivity contribution in [2.75, 3.05) is 40.0 Å². The Morgan fingerprint density at radius 3 is 2.77 bits per heavy atom. The molecule has 2 aromatic rings. The first-order valence-corrected chi connectivity index (χ1v) is 12.6. The summed E-state index contributed by atoms with van der Waals surface area (Å²) >= 11 is 6.49. The summed E-state index contributed by atoms with van der Waals surface area (Å²) in [6.45, 7) is 8.52. The van der Waals surface area contributed by atoms with Crippen molar-refractivity contribution in [3.8, 4) is 17.2 Å². The number of rotatable bonds is 8. The fourth-order valence-electron chi connectivity index (χ4n) is 4.79. The number of ether oxygens (including phenoxy) is 3. The van der Waals surface area contributed by atoms with Crippen molar-refractivity contribution in [3.63, 3.8) is 0 Å². The molecule has 0 radical (unpaired) electrons. The van der Waals surface area contributed by atoms with Crippen molar-refractivity contribution < 1.29 is 23.4 Å². The summed E-state index contributed by atoms with van der Waals surface area (Å²) < 4.78 is 30.7. The molecule has 0 aliphatic carbocycles. The van der Waals surface area contributed by atoms with Crippen LogP contribution in [0.5, 0.6) is 17.2 Å². The van der Waals surface area contributed by atoms with Crippen molar-refractivity contribution in [2.24, 2.45) is 11.8 Å². The van der Waals surface area contributed by atoms with Crippen molar-refractivity contribution in [2.45, 2.75) is 39.8 Å². The molecule has 8 heteroatoms. The van der Waals surface area contributed by atoms with Crippen LogP contribution in [0.15, 0.2) is 30.3 Å². The predicted octanol–water partition coefficient (Wildman–Crippen LogP) is 5.16. The maximum atomic E-state index is 13.9. The summed E-state index contributed by atoms with van der Waals surface area (Å²) in [7, 11) is 1.53. The Balaban J connectivity index is 1.44. The number of benzene rings is 2. The quantitative estimate of drug-likeness (QED) is 0.497. The van der Waals surface area contributed by atoms with Crippen LogP contribution in [-0.2, 0) is 17.9 Å². The maximum absolute atomic E-state index is 13.9. The zero-order valence-corrected chi connectivity index (χ0v) is 21.4. The first-order chi connectivity index (χ1) is 16.8. The van der Waals surface area contributed by atoms with Crippen LogP contribution in [0.3, 0.4) is 0 Å². The highest BCUT2D eigenvalue weighted by atomic mass is 35.5. The van der Waals surface area contributed by atoms with Gasteiger partial charge < -0.3 is 19.1 Å². The molecule has 1 saturated heterocycles. The predicted molar refractivity (Wildman–Crippen MR) is 134 cm³/mol. The highest BCUT2D eigenvalue weighted by Gasteiger charge is 2.32. The van der Waals surface area contributed by atoms with E-state index in [2.05, 4.69) is 18.7 Å². The van der Waals surface area contributed by atoms with Gasteiger partial charge in [-0.2, -0.15) is 0 Å². The zero-order valence-electron chi connectivity index (χ0n) is 20.7. The number of nitrogens with zero attached hydrogens (tertiary/aromatic N) is 2. The molecule has 1 amide bonds. The lowest BCUT2D eigenvalue weighted by Gasteiger charge is -2.28. The third kappa shape index (κ3) is 6.58. The molecule has 35 heavy (non-hydrogen) atoms. The molecule has 190 valence electrons. The molecule has 0 spiro atoms. The summed E-state index contributed by atoms with van der Waals surface area (Å²) in [4.78, 5) is 17.7. The second-order valence-electron chi connectivity index (χ2n) is 9.79. The van der Waals surface area contributed by atoms with Crippen LogP contribution in [0, 0.1) is 17.7 Å². The lowest BCUT2D eigenvalue weighted by Crippen LogP contribution is -2.39. The minimum Gasteiger partial charge on any atom is -0.497 e. The number of methoxy groups -OCH3 is 1. The summed E-state index contributed by atoms with van der Waals surface area (Å²) in [5.74, 6) is 1.77. The Bertz CT molecular complexity index is 1050. The lowest BCUT2D eigenvalue weighted by atomic mass is 10.0. The van der Waals surface area contributed by atoms with Crippen molar-refractivity contribution in [3.05, 3.63) is 52.3 Å². The molecular weight excluding hydrogens is 471 g/mol. The van der Waals surface area contributed by atoms with Gasteiger partial charge in [0.05, 0.1) is 31.3 Å². The maximum Gasteiger partial charge on any atom is 0.227 e. The van der Waals surface area contributed by atoms with E-state index in [1.54, 1.807) is 0 Å². The van der Waals surface area contributed by atoms with Crippen LogP contribution in [0.25, 0.3) is 0 Å². The number of likely N-dealkylation sites (tertiary alicyclic amines) is 1. The summed E-state index contributed by atoms with van der Waals surface area (Å²) in [6, 6.07) is 8.54. The van der Waals surface area contributed by atoms with E-state index in [-0.39, 0.29) is 17.6 Å². The molecule has 2 aliphatic rings. The smallest absolute Gasteiger partial charge is 0.227 e. The minimum atomic E-state index is -0.317. The van der Waals surface area contributed by atoms with Crippen LogP contribution < -0.4 is 14.2 Å². The second-order valence-corrected chi connectivity index (χ2v) is 10.2. The van der Waals surface area contributed by atoms with E-state index in [4.69, 9.17) is 25.8 Å². The molecule has 6 nitrogen and oxygen atoms in total. The third-order valence-corrected chi connectivity index (χ3v) is 6.61. The summed E-state index contributed by atoms with van der Waals surface area (Å²) in [5.41, 5.74) is 1.77. The van der Waals surface area contributed by atoms with Gasteiger partial charge in [0.15, 0.2) is 11.5 Å². The zero-order chi connectivity index (χ0) is 24.9. The molecule has 0 saturated carbocycles. The number of carbonyl (C=O) groups is 1. The molecule has 1 fully saturated rings. The van der Waals surface area contributed by atoms with Gasteiger partial charge in [-0.1, -0.05) is 25.4 Å². The van der Waals surface area contributed by atoms with E-state index in [0.717, 1.165) is 30.5 Å². The van der Waals surface area contributed by atoms with E-state index in [1.165, 1.54) is 19.2 Å². The molecule has 1 unspecified atom stereocenters. The SMILES string of the molecule is COc1cc(F)cc(CN2CCC(C(=O)N(Cc3cc(Cl)c4c(c3)OCCCO4)CC(C)C)C2)c1. The van der Waals surface area contributed by atoms with Crippen LogP contribution in [0.4, 0.5) is 4.39 Å². The first kappa shape index (κ1) is 25.6. The number of hydrogen-bond acceptors (Lipinski definition) is 5. The summed E-state index contributed by atoms with van der Waals surface area (Å²) in [6.07, 6.45) is 1.58. The Hall–Kier alpha value is -2.51. The van der Waals surface area contributed by atoms with Gasteiger partial charge in [0, 0.05) is 38.7 Å². The Morgan fingerprint density at radius 2 is 2.00 bits per heavy atom. The molecule has 0 bridgehead atoms. The average Bonchev–Trinajstić information content (AvgIpc) is 3.13. The van der Waals surface area contributed by atoms with Gasteiger partial charge in [-0.3, -0.25) is 9.69 Å². The van der Waals surface area contributed by atoms with E-state index >= 15 is 0 Å². The lowest BCUT2D eigenvalue weighted by molar-refractivity contribution is -0.136. The van der Waals surface area contributed by atoms with Crippen LogP contribution in [-0.4, -0.2) is 55.7 Å². The molecule has 1 atom stereocenters. The standard InChI is InChI=1S/C27H34ClFN2O4/c1-18(2)14-31(16-20-11-24(28)26-25(12-20)34-7-4-8-35-26)27(32)21-5-6-30(17-21)15-19-9-22(29)13-23(10-19)33-3/h9-13,18,21H,4-8,14-17H2,1-3H3. The Kier molecular flexibility index (Phi) is 8.39. The Labute approximate surface area is 211 Å². The van der Waals surface area contributed by atoms with Crippen LogP contribution in [0.2, 0.25) is 5.02 Å². The van der Waals surface area contributed by atoms with E-state index in [0.29, 0.717) is 67.6 Å². The van der Waals surface area contributed by atoms with Gasteiger partial charge in [-0.15, -0.1) is 0 Å². The average molecular weight is 505 g/mol.